The van der Waals surface area contributed by atoms with Gasteiger partial charge in [0.2, 0.25) is 0 Å². The molecule has 0 saturated carbocycles. The van der Waals surface area contributed by atoms with E-state index < -0.39 is 0 Å². The minimum absolute atomic E-state index is 0.0937. The number of benzene rings is 1. The van der Waals surface area contributed by atoms with Crippen LogP contribution in [0.25, 0.3) is 0 Å². The van der Waals surface area contributed by atoms with Crippen molar-refractivity contribution in [2.75, 3.05) is 6.61 Å². The van der Waals surface area contributed by atoms with Gasteiger partial charge in [-0.25, -0.2) is 4.57 Å². The largest absolute Gasteiger partial charge is 0.327 e. The highest BCUT2D eigenvalue weighted by molar-refractivity contribution is 7.17. The predicted octanol–water partition coefficient (Wildman–Crippen LogP) is 1.78. The van der Waals surface area contributed by atoms with E-state index in [0.29, 0.717) is 6.61 Å². The maximum Gasteiger partial charge on any atom is 0.327 e. The molecule has 0 spiro atoms. The van der Waals surface area contributed by atoms with Gasteiger partial charge in [-0.2, -0.15) is 0 Å². The summed E-state index contributed by atoms with van der Waals surface area (Å²) >= 11 is 0. The zero-order valence-electron chi connectivity index (χ0n) is 7.22. The van der Waals surface area contributed by atoms with E-state index in [1.807, 2.05) is 30.3 Å². The van der Waals surface area contributed by atoms with Crippen molar-refractivity contribution in [1.29, 1.82) is 0 Å². The van der Waals surface area contributed by atoms with Crippen LogP contribution in [0, 0.1) is 0 Å². The fourth-order valence-electron chi connectivity index (χ4n) is 1.10. The molecule has 1 atom stereocenters. The third-order valence-corrected chi connectivity index (χ3v) is 1.94. The molecule has 0 bridgehead atoms. The minimum atomic E-state index is -0.304. The van der Waals surface area contributed by atoms with Crippen LogP contribution in [0.4, 0.5) is 0 Å². The Kier molecular flexibility index (Phi) is 4.61. The van der Waals surface area contributed by atoms with Gasteiger partial charge in [0.15, 0.2) is 0 Å². The summed E-state index contributed by atoms with van der Waals surface area (Å²) < 4.78 is 14.6. The molecule has 1 aromatic rings. The third-order valence-electron chi connectivity index (χ3n) is 1.68. The first-order chi connectivity index (χ1) is 6.33. The highest BCUT2D eigenvalue weighted by Gasteiger charge is 2.03. The second kappa shape index (κ2) is 5.81. The molecule has 1 rings (SSSR count). The molecule has 13 heavy (non-hydrogen) atoms. The molecule has 0 saturated heterocycles. The fourth-order valence-corrected chi connectivity index (χ4v) is 1.35. The van der Waals surface area contributed by atoms with Crippen molar-refractivity contribution in [2.45, 2.75) is 12.5 Å². The topological polar surface area (TPSA) is 52.3 Å². The van der Waals surface area contributed by atoms with Crippen LogP contribution in [0.1, 0.15) is 5.56 Å². The summed E-state index contributed by atoms with van der Waals surface area (Å²) in [5.74, 6) is 0. The van der Waals surface area contributed by atoms with E-state index in [2.05, 4.69) is 4.52 Å². The summed E-state index contributed by atoms with van der Waals surface area (Å²) in [6, 6.07) is 9.82. The van der Waals surface area contributed by atoms with Crippen LogP contribution < -0.4 is 5.73 Å². The smallest absolute Gasteiger partial charge is 0.325 e. The molecule has 0 heterocycles. The molecule has 0 aliphatic rings. The Morgan fingerprint density at radius 1 is 1.38 bits per heavy atom. The van der Waals surface area contributed by atoms with Gasteiger partial charge < -0.3 is 5.73 Å². The summed E-state index contributed by atoms with van der Waals surface area (Å²) in [7, 11) is -0.304. The molecule has 1 unspecified atom stereocenters. The van der Waals surface area contributed by atoms with E-state index in [4.69, 9.17) is 5.73 Å². The van der Waals surface area contributed by atoms with E-state index in [1.54, 1.807) is 0 Å². The van der Waals surface area contributed by atoms with Crippen LogP contribution in [0.5, 0.6) is 0 Å². The second-order valence-electron chi connectivity index (χ2n) is 2.82. The Morgan fingerprint density at radius 2 is 2.08 bits per heavy atom. The molecule has 0 aromatic heterocycles. The quantitative estimate of drug-likeness (QED) is 0.732. The van der Waals surface area contributed by atoms with Crippen LogP contribution in [0.15, 0.2) is 30.3 Å². The van der Waals surface area contributed by atoms with Crippen LogP contribution in [-0.4, -0.2) is 12.6 Å². The molecule has 4 heteroatoms. The standard InChI is InChI=1S/C9H12NO2P/c10-9(7-12-13-11)6-8-4-2-1-3-5-8/h1-5,9H,6-7,10H2. The SMILES string of the molecule is NC(COP=O)Cc1ccccc1. The van der Waals surface area contributed by atoms with Gasteiger partial charge in [-0.15, -0.1) is 0 Å². The van der Waals surface area contributed by atoms with Gasteiger partial charge in [0.1, 0.15) is 0 Å². The summed E-state index contributed by atoms with van der Waals surface area (Å²) in [5, 5.41) is 0. The second-order valence-corrected chi connectivity index (χ2v) is 3.23. The number of hydrogen-bond donors (Lipinski definition) is 1. The first kappa shape index (κ1) is 10.3. The molecule has 0 aliphatic carbocycles. The summed E-state index contributed by atoms with van der Waals surface area (Å²) in [5.41, 5.74) is 6.89. The lowest BCUT2D eigenvalue weighted by atomic mass is 10.1. The lowest BCUT2D eigenvalue weighted by molar-refractivity contribution is 0.310. The predicted molar refractivity (Wildman–Crippen MR) is 51.7 cm³/mol. The molecule has 1 aromatic carbocycles. The molecule has 2 N–H and O–H groups in total. The van der Waals surface area contributed by atoms with Crippen molar-refractivity contribution in [3.8, 4) is 0 Å². The Bertz CT molecular complexity index is 253. The van der Waals surface area contributed by atoms with Crippen molar-refractivity contribution in [2.24, 2.45) is 5.73 Å². The lowest BCUT2D eigenvalue weighted by Crippen LogP contribution is -2.27. The first-order valence-electron chi connectivity index (χ1n) is 4.07. The van der Waals surface area contributed by atoms with Crippen LogP contribution in [0.2, 0.25) is 0 Å². The lowest BCUT2D eigenvalue weighted by Gasteiger charge is -2.08. The van der Waals surface area contributed by atoms with Crippen molar-refractivity contribution < 1.29 is 9.09 Å². The number of rotatable bonds is 5. The van der Waals surface area contributed by atoms with Crippen molar-refractivity contribution in [3.05, 3.63) is 35.9 Å². The van der Waals surface area contributed by atoms with E-state index >= 15 is 0 Å². The third kappa shape index (κ3) is 4.13. The number of hydrogen-bond acceptors (Lipinski definition) is 3. The maximum absolute atomic E-state index is 9.98. The van der Waals surface area contributed by atoms with Crippen molar-refractivity contribution in [1.82, 2.24) is 0 Å². The highest BCUT2D eigenvalue weighted by Crippen LogP contribution is 2.03. The Hall–Kier alpha value is -0.760. The average molecular weight is 197 g/mol. The van der Waals surface area contributed by atoms with Gasteiger partial charge in [0.25, 0.3) is 0 Å². The molecule has 0 radical (unpaired) electrons. The van der Waals surface area contributed by atoms with E-state index in [1.165, 1.54) is 5.56 Å². The summed E-state index contributed by atoms with van der Waals surface area (Å²) in [6.07, 6.45) is 0.746. The monoisotopic (exact) mass is 197 g/mol. The summed E-state index contributed by atoms with van der Waals surface area (Å²) in [4.78, 5) is 0. The molecule has 0 fully saturated rings. The van der Waals surface area contributed by atoms with Crippen LogP contribution in [-0.2, 0) is 15.5 Å². The normalized spacial score (nSPS) is 13.0. The van der Waals surface area contributed by atoms with Gasteiger partial charge in [-0.1, -0.05) is 30.3 Å². The average Bonchev–Trinajstić information content (AvgIpc) is 2.16. The Labute approximate surface area is 79.2 Å². The minimum Gasteiger partial charge on any atom is -0.325 e. The van der Waals surface area contributed by atoms with Gasteiger partial charge in [-0.3, -0.25) is 4.52 Å². The summed E-state index contributed by atoms with van der Waals surface area (Å²) in [6.45, 7) is 0.319. The Morgan fingerprint density at radius 3 is 2.69 bits per heavy atom. The van der Waals surface area contributed by atoms with Gasteiger partial charge in [0, 0.05) is 6.04 Å². The fraction of sp³-hybridized carbons (Fsp3) is 0.333. The van der Waals surface area contributed by atoms with Gasteiger partial charge in [-0.05, 0) is 12.0 Å². The van der Waals surface area contributed by atoms with Crippen LogP contribution >= 0.6 is 8.69 Å². The maximum atomic E-state index is 9.98. The van der Waals surface area contributed by atoms with Crippen molar-refractivity contribution in [3.63, 3.8) is 0 Å². The van der Waals surface area contributed by atoms with Crippen molar-refractivity contribution >= 4 is 8.69 Å². The molecule has 0 aliphatic heterocycles. The highest BCUT2D eigenvalue weighted by atomic mass is 31.1. The first-order valence-corrected chi connectivity index (χ1v) is 4.80. The molecule has 0 amide bonds. The molecule has 70 valence electrons. The molecular weight excluding hydrogens is 185 g/mol. The van der Waals surface area contributed by atoms with E-state index in [0.717, 1.165) is 6.42 Å². The zero-order valence-corrected chi connectivity index (χ0v) is 8.11. The zero-order chi connectivity index (χ0) is 9.52. The molecular formula is C9H12NO2P. The van der Waals surface area contributed by atoms with E-state index in [-0.39, 0.29) is 14.7 Å². The van der Waals surface area contributed by atoms with E-state index in [9.17, 15) is 4.57 Å². The van der Waals surface area contributed by atoms with Crippen LogP contribution in [0.3, 0.4) is 0 Å². The molecule has 3 nitrogen and oxygen atoms in total. The van der Waals surface area contributed by atoms with Gasteiger partial charge >= 0.3 is 8.69 Å². The Balaban J connectivity index is 2.36. The number of nitrogens with two attached hydrogens (primary N) is 1. The van der Waals surface area contributed by atoms with Gasteiger partial charge in [0.05, 0.1) is 6.61 Å².